The first-order valence-corrected chi connectivity index (χ1v) is 9.05. The summed E-state index contributed by atoms with van der Waals surface area (Å²) in [7, 11) is 0. The molecule has 0 aliphatic carbocycles. The normalized spacial score (nSPS) is 12.0. The Morgan fingerprint density at radius 2 is 1.88 bits per heavy atom. The Balaban J connectivity index is 1.99. The summed E-state index contributed by atoms with van der Waals surface area (Å²) in [6.45, 7) is 6.16. The van der Waals surface area contributed by atoms with E-state index in [4.69, 9.17) is 21.1 Å². The summed E-state index contributed by atoms with van der Waals surface area (Å²) in [5, 5.41) is 14.0. The first-order chi connectivity index (χ1) is 12.2. The van der Waals surface area contributed by atoms with Crippen LogP contribution in [0.25, 0.3) is 0 Å². The molecule has 25 heavy (non-hydrogen) atoms. The van der Waals surface area contributed by atoms with Gasteiger partial charge in [0.2, 0.25) is 0 Å². The molecule has 4 nitrogen and oxygen atoms in total. The van der Waals surface area contributed by atoms with Crippen LogP contribution < -0.4 is 14.8 Å². The van der Waals surface area contributed by atoms with Gasteiger partial charge in [0.15, 0.2) is 11.5 Å². The van der Waals surface area contributed by atoms with Gasteiger partial charge in [-0.25, -0.2) is 0 Å². The lowest BCUT2D eigenvalue weighted by molar-refractivity contribution is 0.174. The lowest BCUT2D eigenvalue weighted by Crippen LogP contribution is -2.21. The van der Waals surface area contributed by atoms with Crippen LogP contribution in [0.2, 0.25) is 5.02 Å². The van der Waals surface area contributed by atoms with Crippen LogP contribution in [0.15, 0.2) is 42.5 Å². The highest BCUT2D eigenvalue weighted by Gasteiger charge is 2.13. The maximum absolute atomic E-state index is 10.2. The molecular weight excluding hydrogens is 338 g/mol. The molecule has 2 N–H and O–H groups in total. The van der Waals surface area contributed by atoms with E-state index in [0.29, 0.717) is 42.8 Å². The van der Waals surface area contributed by atoms with E-state index in [0.717, 1.165) is 17.5 Å². The molecule has 5 heteroatoms. The Bertz CT molecular complexity index is 649. The van der Waals surface area contributed by atoms with Crippen molar-refractivity contribution in [2.45, 2.75) is 32.9 Å². The smallest absolute Gasteiger partial charge is 0.179 e. The number of hydrogen-bond donors (Lipinski definition) is 2. The van der Waals surface area contributed by atoms with E-state index in [1.165, 1.54) is 0 Å². The van der Waals surface area contributed by atoms with E-state index in [1.54, 1.807) is 0 Å². The van der Waals surface area contributed by atoms with Crippen LogP contribution in [0.5, 0.6) is 11.5 Å². The number of ether oxygens (including phenoxy) is 2. The standard InChI is InChI=1S/C20H26ClNO3/c1-3-10-25-20-17(21)11-15(12-19(20)24-4-2)13-22-14-18(23)16-8-6-5-7-9-16/h5-9,11-12,18,22-23H,3-4,10,13-14H2,1-2H3. The first-order valence-electron chi connectivity index (χ1n) is 8.67. The fourth-order valence-corrected chi connectivity index (χ4v) is 2.76. The second-order valence-electron chi connectivity index (χ2n) is 5.74. The van der Waals surface area contributed by atoms with Gasteiger partial charge in [-0.15, -0.1) is 0 Å². The molecule has 0 aliphatic rings. The van der Waals surface area contributed by atoms with E-state index < -0.39 is 6.10 Å². The molecule has 2 aromatic carbocycles. The highest BCUT2D eigenvalue weighted by molar-refractivity contribution is 6.32. The SMILES string of the molecule is CCCOc1c(Cl)cc(CNCC(O)c2ccccc2)cc1OCC. The molecule has 2 rings (SSSR count). The van der Waals surface area contributed by atoms with Crippen molar-refractivity contribution in [1.29, 1.82) is 0 Å². The van der Waals surface area contributed by atoms with Gasteiger partial charge in [-0.05, 0) is 36.6 Å². The van der Waals surface area contributed by atoms with Crippen LogP contribution in [0.4, 0.5) is 0 Å². The minimum Gasteiger partial charge on any atom is -0.490 e. The van der Waals surface area contributed by atoms with E-state index in [1.807, 2.05) is 56.3 Å². The Morgan fingerprint density at radius 3 is 2.56 bits per heavy atom. The maximum Gasteiger partial charge on any atom is 0.179 e. The van der Waals surface area contributed by atoms with Crippen molar-refractivity contribution >= 4 is 11.6 Å². The van der Waals surface area contributed by atoms with Gasteiger partial charge in [0.25, 0.3) is 0 Å². The fraction of sp³-hybridized carbons (Fsp3) is 0.400. The van der Waals surface area contributed by atoms with Gasteiger partial charge in [0, 0.05) is 13.1 Å². The lowest BCUT2D eigenvalue weighted by Gasteiger charge is -2.16. The summed E-state index contributed by atoms with van der Waals surface area (Å²) in [6.07, 6.45) is 0.359. The van der Waals surface area contributed by atoms with Crippen molar-refractivity contribution in [3.05, 3.63) is 58.6 Å². The Kier molecular flexibility index (Phi) is 8.06. The zero-order chi connectivity index (χ0) is 18.1. The molecule has 0 amide bonds. The predicted octanol–water partition coefficient (Wildman–Crippen LogP) is 4.35. The molecule has 1 unspecified atom stereocenters. The molecule has 0 radical (unpaired) electrons. The molecule has 0 bridgehead atoms. The van der Waals surface area contributed by atoms with Crippen molar-refractivity contribution in [3.8, 4) is 11.5 Å². The van der Waals surface area contributed by atoms with Gasteiger partial charge < -0.3 is 19.9 Å². The number of rotatable bonds is 10. The summed E-state index contributed by atoms with van der Waals surface area (Å²) in [5.74, 6) is 1.25. The minimum atomic E-state index is -0.546. The van der Waals surface area contributed by atoms with Crippen molar-refractivity contribution in [1.82, 2.24) is 5.32 Å². The molecule has 136 valence electrons. The number of nitrogens with one attached hydrogen (secondary N) is 1. The third kappa shape index (κ3) is 5.92. The number of hydrogen-bond acceptors (Lipinski definition) is 4. The van der Waals surface area contributed by atoms with E-state index in [-0.39, 0.29) is 0 Å². The average molecular weight is 364 g/mol. The summed E-state index contributed by atoms with van der Waals surface area (Å²) in [5.41, 5.74) is 1.88. The molecule has 0 saturated heterocycles. The van der Waals surface area contributed by atoms with Crippen LogP contribution in [0.3, 0.4) is 0 Å². The molecule has 0 fully saturated rings. The summed E-state index contributed by atoms with van der Waals surface area (Å²) in [6, 6.07) is 13.4. The second-order valence-corrected chi connectivity index (χ2v) is 6.15. The molecule has 0 heterocycles. The van der Waals surface area contributed by atoms with Crippen LogP contribution in [-0.2, 0) is 6.54 Å². The summed E-state index contributed by atoms with van der Waals surface area (Å²) in [4.78, 5) is 0. The van der Waals surface area contributed by atoms with Crippen LogP contribution in [0, 0.1) is 0 Å². The van der Waals surface area contributed by atoms with Crippen molar-refractivity contribution in [3.63, 3.8) is 0 Å². The Morgan fingerprint density at radius 1 is 1.12 bits per heavy atom. The highest BCUT2D eigenvalue weighted by atomic mass is 35.5. The van der Waals surface area contributed by atoms with Gasteiger partial charge in [0.05, 0.1) is 24.3 Å². The quantitative estimate of drug-likeness (QED) is 0.658. The summed E-state index contributed by atoms with van der Waals surface area (Å²) >= 11 is 6.36. The third-order valence-electron chi connectivity index (χ3n) is 3.67. The Hall–Kier alpha value is -1.75. The van der Waals surface area contributed by atoms with E-state index in [2.05, 4.69) is 5.32 Å². The largest absolute Gasteiger partial charge is 0.490 e. The molecule has 0 spiro atoms. The van der Waals surface area contributed by atoms with Crippen LogP contribution in [-0.4, -0.2) is 24.9 Å². The maximum atomic E-state index is 10.2. The van der Waals surface area contributed by atoms with E-state index in [9.17, 15) is 5.11 Å². The number of benzene rings is 2. The third-order valence-corrected chi connectivity index (χ3v) is 3.95. The van der Waals surface area contributed by atoms with Crippen LogP contribution in [0.1, 0.15) is 37.5 Å². The molecule has 0 saturated carbocycles. The molecule has 0 aromatic heterocycles. The Labute approximate surface area is 154 Å². The first kappa shape index (κ1) is 19.6. The highest BCUT2D eigenvalue weighted by Crippen LogP contribution is 2.36. The summed E-state index contributed by atoms with van der Waals surface area (Å²) < 4.78 is 11.4. The monoisotopic (exact) mass is 363 g/mol. The second kappa shape index (κ2) is 10.3. The van der Waals surface area contributed by atoms with Gasteiger partial charge in [0.1, 0.15) is 0 Å². The van der Waals surface area contributed by atoms with Gasteiger partial charge >= 0.3 is 0 Å². The molecule has 2 aromatic rings. The zero-order valence-electron chi connectivity index (χ0n) is 14.8. The number of aliphatic hydroxyl groups is 1. The number of aliphatic hydroxyl groups excluding tert-OH is 1. The minimum absolute atomic E-state index is 0.458. The van der Waals surface area contributed by atoms with Gasteiger partial charge in [-0.3, -0.25) is 0 Å². The molecule has 1 atom stereocenters. The van der Waals surface area contributed by atoms with Crippen molar-refractivity contribution in [2.75, 3.05) is 19.8 Å². The molecular formula is C20H26ClNO3. The average Bonchev–Trinajstić information content (AvgIpc) is 2.62. The lowest BCUT2D eigenvalue weighted by atomic mass is 10.1. The predicted molar refractivity (Wildman–Crippen MR) is 102 cm³/mol. The van der Waals surface area contributed by atoms with Crippen LogP contribution >= 0.6 is 11.6 Å². The topological polar surface area (TPSA) is 50.7 Å². The number of halogens is 1. The molecule has 0 aliphatic heterocycles. The van der Waals surface area contributed by atoms with Gasteiger partial charge in [-0.2, -0.15) is 0 Å². The van der Waals surface area contributed by atoms with Crippen molar-refractivity contribution in [2.24, 2.45) is 0 Å². The van der Waals surface area contributed by atoms with E-state index >= 15 is 0 Å². The fourth-order valence-electron chi connectivity index (χ4n) is 2.48. The van der Waals surface area contributed by atoms with Crippen molar-refractivity contribution < 1.29 is 14.6 Å². The zero-order valence-corrected chi connectivity index (χ0v) is 15.6. The van der Waals surface area contributed by atoms with Gasteiger partial charge in [-0.1, -0.05) is 48.9 Å².